The molecule has 0 spiro atoms. The second-order valence-electron chi connectivity index (χ2n) is 2.56. The quantitative estimate of drug-likeness (QED) is 0.707. The van der Waals surface area contributed by atoms with Crippen molar-refractivity contribution in [2.24, 2.45) is 0 Å². The Balaban J connectivity index is 2.25. The van der Waals surface area contributed by atoms with Crippen molar-refractivity contribution in [1.82, 2.24) is 14.8 Å². The Kier molecular flexibility index (Phi) is 2.21. The third-order valence-corrected chi connectivity index (χ3v) is 2.16. The molecule has 1 atom stereocenters. The Morgan fingerprint density at radius 2 is 2.33 bits per heavy atom. The number of rotatable bonds is 1. The summed E-state index contributed by atoms with van der Waals surface area (Å²) in [5.74, 6) is 0. The van der Waals surface area contributed by atoms with Gasteiger partial charge in [0.05, 0.1) is 0 Å². The van der Waals surface area contributed by atoms with Crippen LogP contribution in [0.2, 0.25) is 10.6 Å². The largest absolute Gasteiger partial charge is 0.356 e. The summed E-state index contributed by atoms with van der Waals surface area (Å²) in [5.41, 5.74) is 0. The molecule has 0 bridgehead atoms. The highest BCUT2D eigenvalue weighted by atomic mass is 35.5. The molecule has 1 aromatic rings. The van der Waals surface area contributed by atoms with Crippen molar-refractivity contribution in [2.75, 3.05) is 6.61 Å². The van der Waals surface area contributed by atoms with E-state index < -0.39 is 0 Å². The molecule has 2 rings (SSSR count). The topological polar surface area (TPSA) is 39.9 Å². The van der Waals surface area contributed by atoms with Crippen molar-refractivity contribution in [1.29, 1.82) is 0 Å². The van der Waals surface area contributed by atoms with Crippen LogP contribution in [0.1, 0.15) is 19.1 Å². The molecule has 1 aliphatic rings. The van der Waals surface area contributed by atoms with Gasteiger partial charge in [0, 0.05) is 6.61 Å². The van der Waals surface area contributed by atoms with Crippen LogP contribution in [0, 0.1) is 0 Å². The summed E-state index contributed by atoms with van der Waals surface area (Å²) in [4.78, 5) is 3.76. The van der Waals surface area contributed by atoms with Crippen LogP contribution in [0.3, 0.4) is 0 Å². The molecule has 6 heteroatoms. The summed E-state index contributed by atoms with van der Waals surface area (Å²) in [5, 5.41) is 4.35. The zero-order valence-corrected chi connectivity index (χ0v) is 7.72. The van der Waals surface area contributed by atoms with E-state index in [0.717, 1.165) is 19.4 Å². The molecule has 1 fully saturated rings. The first-order valence-electron chi connectivity index (χ1n) is 3.66. The first kappa shape index (κ1) is 8.29. The van der Waals surface area contributed by atoms with Gasteiger partial charge in [0.2, 0.25) is 10.6 Å². The molecule has 1 saturated heterocycles. The Labute approximate surface area is 79.4 Å². The van der Waals surface area contributed by atoms with Crippen molar-refractivity contribution >= 4 is 23.2 Å². The Hall–Kier alpha value is -0.320. The van der Waals surface area contributed by atoms with Gasteiger partial charge in [-0.3, -0.25) is 0 Å². The predicted molar refractivity (Wildman–Crippen MR) is 44.3 cm³/mol. The number of hydrogen-bond donors (Lipinski definition) is 0. The minimum Gasteiger partial charge on any atom is -0.356 e. The monoisotopic (exact) mass is 207 g/mol. The van der Waals surface area contributed by atoms with Crippen LogP contribution in [0.5, 0.6) is 0 Å². The van der Waals surface area contributed by atoms with E-state index in [1.165, 1.54) is 4.68 Å². The molecule has 66 valence electrons. The molecule has 2 heterocycles. The van der Waals surface area contributed by atoms with Gasteiger partial charge in [-0.05, 0) is 36.0 Å². The Bertz CT molecular complexity index is 282. The average molecular weight is 208 g/mol. The summed E-state index contributed by atoms with van der Waals surface area (Å²) in [7, 11) is 0. The van der Waals surface area contributed by atoms with Crippen LogP contribution >= 0.6 is 23.2 Å². The summed E-state index contributed by atoms with van der Waals surface area (Å²) < 4.78 is 6.86. The van der Waals surface area contributed by atoms with Gasteiger partial charge in [0.1, 0.15) is 0 Å². The van der Waals surface area contributed by atoms with Gasteiger partial charge in [0.15, 0.2) is 6.23 Å². The second-order valence-corrected chi connectivity index (χ2v) is 3.24. The highest BCUT2D eigenvalue weighted by Gasteiger charge is 2.21. The van der Waals surface area contributed by atoms with Gasteiger partial charge in [0.25, 0.3) is 0 Å². The molecule has 0 aliphatic carbocycles. The molecule has 1 aliphatic heterocycles. The lowest BCUT2D eigenvalue weighted by atomic mass is 10.3. The predicted octanol–water partition coefficient (Wildman–Crippen LogP) is 1.89. The van der Waals surface area contributed by atoms with E-state index in [4.69, 9.17) is 27.9 Å². The van der Waals surface area contributed by atoms with E-state index in [2.05, 4.69) is 10.1 Å². The molecule has 1 unspecified atom stereocenters. The third kappa shape index (κ3) is 1.42. The second kappa shape index (κ2) is 3.20. The molecule has 1 aromatic heterocycles. The number of hydrogen-bond acceptors (Lipinski definition) is 3. The van der Waals surface area contributed by atoms with Crippen LogP contribution in [0.4, 0.5) is 0 Å². The molecular weight excluding hydrogens is 201 g/mol. The van der Waals surface area contributed by atoms with E-state index in [1.807, 2.05) is 0 Å². The summed E-state index contributed by atoms with van der Waals surface area (Å²) in [6.45, 7) is 0.748. The molecule has 0 amide bonds. The number of ether oxygens (including phenoxy) is 1. The normalized spacial score (nSPS) is 23.3. The zero-order chi connectivity index (χ0) is 8.55. The standard InChI is InChI=1S/C6H7Cl2N3O/c7-5-9-6(8)11(10-5)4-2-1-3-12-4/h4H,1-3H2. The van der Waals surface area contributed by atoms with Crippen LogP contribution < -0.4 is 0 Å². The molecule has 12 heavy (non-hydrogen) atoms. The number of nitrogens with zero attached hydrogens (tertiary/aromatic N) is 3. The summed E-state index contributed by atoms with van der Waals surface area (Å²) in [6, 6.07) is 0. The Morgan fingerprint density at radius 1 is 1.50 bits per heavy atom. The maximum atomic E-state index is 5.75. The van der Waals surface area contributed by atoms with Crippen LogP contribution in [-0.2, 0) is 4.74 Å². The first-order valence-corrected chi connectivity index (χ1v) is 4.42. The van der Waals surface area contributed by atoms with Gasteiger partial charge in [-0.15, -0.1) is 5.10 Å². The van der Waals surface area contributed by atoms with Crippen LogP contribution in [0.15, 0.2) is 0 Å². The molecule has 0 radical (unpaired) electrons. The van der Waals surface area contributed by atoms with Crippen molar-refractivity contribution in [3.05, 3.63) is 10.6 Å². The van der Waals surface area contributed by atoms with Crippen molar-refractivity contribution < 1.29 is 4.74 Å². The van der Waals surface area contributed by atoms with Crippen molar-refractivity contribution in [3.8, 4) is 0 Å². The van der Waals surface area contributed by atoms with E-state index in [1.54, 1.807) is 0 Å². The molecule has 0 N–H and O–H groups in total. The first-order chi connectivity index (χ1) is 5.77. The maximum absolute atomic E-state index is 5.75. The minimum absolute atomic E-state index is 0.0856. The fourth-order valence-corrected chi connectivity index (χ4v) is 1.65. The van der Waals surface area contributed by atoms with Crippen LogP contribution in [0.25, 0.3) is 0 Å². The fraction of sp³-hybridized carbons (Fsp3) is 0.667. The lowest BCUT2D eigenvalue weighted by Gasteiger charge is -2.08. The van der Waals surface area contributed by atoms with Crippen molar-refractivity contribution in [3.63, 3.8) is 0 Å². The highest BCUT2D eigenvalue weighted by Crippen LogP contribution is 2.25. The molecule has 4 nitrogen and oxygen atoms in total. The molecule has 0 saturated carbocycles. The van der Waals surface area contributed by atoms with Gasteiger partial charge >= 0.3 is 0 Å². The van der Waals surface area contributed by atoms with Gasteiger partial charge in [-0.1, -0.05) is 0 Å². The van der Waals surface area contributed by atoms with Gasteiger partial charge in [-0.2, -0.15) is 4.98 Å². The third-order valence-electron chi connectivity index (χ3n) is 1.74. The van der Waals surface area contributed by atoms with E-state index in [9.17, 15) is 0 Å². The van der Waals surface area contributed by atoms with E-state index in [0.29, 0.717) is 0 Å². The highest BCUT2D eigenvalue weighted by molar-refractivity contribution is 6.31. The zero-order valence-electron chi connectivity index (χ0n) is 6.20. The number of halogens is 2. The van der Waals surface area contributed by atoms with Gasteiger partial charge < -0.3 is 4.74 Å². The lowest BCUT2D eigenvalue weighted by molar-refractivity contribution is 0.0467. The summed E-state index contributed by atoms with van der Waals surface area (Å²) >= 11 is 11.3. The lowest BCUT2D eigenvalue weighted by Crippen LogP contribution is -2.08. The average Bonchev–Trinajstić information content (AvgIpc) is 2.58. The fourth-order valence-electron chi connectivity index (χ4n) is 1.22. The minimum atomic E-state index is -0.0856. The molecule has 0 aromatic carbocycles. The number of aromatic nitrogens is 3. The van der Waals surface area contributed by atoms with Gasteiger partial charge in [-0.25, -0.2) is 4.68 Å². The van der Waals surface area contributed by atoms with E-state index >= 15 is 0 Å². The summed E-state index contributed by atoms with van der Waals surface area (Å²) in [6.07, 6.45) is 1.86. The van der Waals surface area contributed by atoms with E-state index in [-0.39, 0.29) is 16.8 Å². The Morgan fingerprint density at radius 3 is 2.83 bits per heavy atom. The smallest absolute Gasteiger partial charge is 0.243 e. The molecular formula is C6H7Cl2N3O. The maximum Gasteiger partial charge on any atom is 0.243 e. The van der Waals surface area contributed by atoms with Crippen molar-refractivity contribution in [2.45, 2.75) is 19.1 Å². The SMILES string of the molecule is Clc1nc(Cl)n(C2CCCO2)n1. The van der Waals surface area contributed by atoms with Crippen LogP contribution in [-0.4, -0.2) is 21.4 Å².